The lowest BCUT2D eigenvalue weighted by atomic mass is 9.85. The molecule has 1 aromatic heterocycles. The van der Waals surface area contributed by atoms with E-state index in [9.17, 15) is 9.59 Å². The molecule has 7 heteroatoms. The van der Waals surface area contributed by atoms with Crippen molar-refractivity contribution in [2.45, 2.75) is 39.7 Å². The quantitative estimate of drug-likeness (QED) is 0.835. The maximum atomic E-state index is 12.4. The minimum Gasteiger partial charge on any atom is -0.378 e. The van der Waals surface area contributed by atoms with E-state index in [1.54, 1.807) is 13.8 Å². The molecule has 1 heterocycles. The van der Waals surface area contributed by atoms with E-state index in [2.05, 4.69) is 10.4 Å². The number of anilines is 1. The highest BCUT2D eigenvalue weighted by Crippen LogP contribution is 2.27. The minimum atomic E-state index is -0.766. The number of carbonyl (C=O) groups is 1. The second kappa shape index (κ2) is 6.05. The highest BCUT2D eigenvalue weighted by Gasteiger charge is 2.26. The Morgan fingerprint density at radius 3 is 2.76 bits per heavy atom. The van der Waals surface area contributed by atoms with Crippen molar-refractivity contribution in [2.75, 3.05) is 11.9 Å². The Labute approximate surface area is 128 Å². The summed E-state index contributed by atoms with van der Waals surface area (Å²) in [6.07, 6.45) is 4.94. The normalized spacial score (nSPS) is 15.6. The van der Waals surface area contributed by atoms with Crippen LogP contribution in [0.5, 0.6) is 0 Å². The SMILES string of the molecule is CC(C)(CNc1c(Cl)cnn(CC2CCC2)c1=O)C(N)=O. The average molecular weight is 313 g/mol. The van der Waals surface area contributed by atoms with Gasteiger partial charge >= 0.3 is 0 Å². The van der Waals surface area contributed by atoms with Gasteiger partial charge in [-0.15, -0.1) is 0 Å². The first-order chi connectivity index (χ1) is 9.81. The van der Waals surface area contributed by atoms with Crippen LogP contribution in [0.3, 0.4) is 0 Å². The predicted octanol–water partition coefficient (Wildman–Crippen LogP) is 1.62. The average Bonchev–Trinajstić information content (AvgIpc) is 2.35. The van der Waals surface area contributed by atoms with E-state index in [4.69, 9.17) is 17.3 Å². The molecule has 0 spiro atoms. The van der Waals surface area contributed by atoms with Gasteiger partial charge in [0.25, 0.3) is 5.56 Å². The molecule has 1 amide bonds. The summed E-state index contributed by atoms with van der Waals surface area (Å²) in [4.78, 5) is 23.7. The van der Waals surface area contributed by atoms with Crippen LogP contribution in [-0.4, -0.2) is 22.2 Å². The summed E-state index contributed by atoms with van der Waals surface area (Å²) in [5.41, 5.74) is 4.58. The molecule has 0 radical (unpaired) electrons. The lowest BCUT2D eigenvalue weighted by Crippen LogP contribution is -2.39. The Hall–Kier alpha value is -1.56. The number of primary amides is 1. The summed E-state index contributed by atoms with van der Waals surface area (Å²) in [6, 6.07) is 0. The van der Waals surface area contributed by atoms with E-state index in [0.29, 0.717) is 12.5 Å². The maximum Gasteiger partial charge on any atom is 0.291 e. The lowest BCUT2D eigenvalue weighted by Gasteiger charge is -2.26. The molecule has 1 aliphatic rings. The number of aromatic nitrogens is 2. The molecule has 116 valence electrons. The van der Waals surface area contributed by atoms with E-state index in [1.165, 1.54) is 17.3 Å². The van der Waals surface area contributed by atoms with Crippen LogP contribution in [0, 0.1) is 11.3 Å². The summed E-state index contributed by atoms with van der Waals surface area (Å²) in [7, 11) is 0. The maximum absolute atomic E-state index is 12.4. The van der Waals surface area contributed by atoms with Crippen LogP contribution in [0.15, 0.2) is 11.0 Å². The van der Waals surface area contributed by atoms with Crippen LogP contribution in [-0.2, 0) is 11.3 Å². The van der Waals surface area contributed by atoms with Gasteiger partial charge in [-0.1, -0.05) is 18.0 Å². The molecular formula is C14H21ClN4O2. The zero-order valence-electron chi connectivity index (χ0n) is 12.4. The van der Waals surface area contributed by atoms with Crippen LogP contribution in [0.4, 0.5) is 5.69 Å². The molecule has 0 bridgehead atoms. The number of nitrogens with two attached hydrogens (primary N) is 1. The smallest absolute Gasteiger partial charge is 0.291 e. The first-order valence-corrected chi connectivity index (χ1v) is 7.48. The molecule has 6 nitrogen and oxygen atoms in total. The predicted molar refractivity (Wildman–Crippen MR) is 82.3 cm³/mol. The molecule has 1 fully saturated rings. The van der Waals surface area contributed by atoms with E-state index in [0.717, 1.165) is 12.8 Å². The summed E-state index contributed by atoms with van der Waals surface area (Å²) >= 11 is 6.04. The summed E-state index contributed by atoms with van der Waals surface area (Å²) < 4.78 is 1.44. The van der Waals surface area contributed by atoms with Gasteiger partial charge in [0.15, 0.2) is 0 Å². The van der Waals surface area contributed by atoms with Gasteiger partial charge in [-0.3, -0.25) is 9.59 Å². The molecule has 0 saturated heterocycles. The van der Waals surface area contributed by atoms with Crippen LogP contribution in [0.1, 0.15) is 33.1 Å². The Morgan fingerprint density at radius 1 is 1.57 bits per heavy atom. The van der Waals surface area contributed by atoms with Crippen LogP contribution >= 0.6 is 11.6 Å². The summed E-state index contributed by atoms with van der Waals surface area (Å²) in [5.74, 6) is 0.0845. The Balaban J connectivity index is 2.16. The van der Waals surface area contributed by atoms with Crippen molar-refractivity contribution in [3.8, 4) is 0 Å². The fourth-order valence-corrected chi connectivity index (χ4v) is 2.27. The molecule has 0 atom stereocenters. The van der Waals surface area contributed by atoms with Gasteiger partial charge in [-0.25, -0.2) is 4.68 Å². The van der Waals surface area contributed by atoms with Crippen molar-refractivity contribution >= 4 is 23.2 Å². The number of halogens is 1. The van der Waals surface area contributed by atoms with E-state index < -0.39 is 11.3 Å². The monoisotopic (exact) mass is 312 g/mol. The van der Waals surface area contributed by atoms with Crippen molar-refractivity contribution in [1.29, 1.82) is 0 Å². The third kappa shape index (κ3) is 3.56. The van der Waals surface area contributed by atoms with Gasteiger partial charge in [0.05, 0.1) is 16.6 Å². The fourth-order valence-electron chi connectivity index (χ4n) is 2.08. The van der Waals surface area contributed by atoms with Gasteiger partial charge in [-0.2, -0.15) is 5.10 Å². The zero-order chi connectivity index (χ0) is 15.6. The Kier molecular flexibility index (Phi) is 4.56. The third-order valence-electron chi connectivity index (χ3n) is 4.03. The second-order valence-corrected chi connectivity index (χ2v) is 6.66. The molecular weight excluding hydrogens is 292 g/mol. The van der Waals surface area contributed by atoms with Gasteiger partial charge in [0.2, 0.25) is 5.91 Å². The minimum absolute atomic E-state index is 0.241. The van der Waals surface area contributed by atoms with Crippen LogP contribution in [0.25, 0.3) is 0 Å². The van der Waals surface area contributed by atoms with Gasteiger partial charge in [0.1, 0.15) is 5.69 Å². The van der Waals surface area contributed by atoms with Crippen molar-refractivity contribution < 1.29 is 4.79 Å². The first kappa shape index (κ1) is 15.8. The van der Waals surface area contributed by atoms with Crippen molar-refractivity contribution in [3.05, 3.63) is 21.6 Å². The number of carbonyl (C=O) groups excluding carboxylic acids is 1. The standard InChI is InChI=1S/C14H21ClN4O2/c1-14(2,13(16)21)8-17-11-10(15)6-18-19(12(11)20)7-9-4-3-5-9/h6,9,17H,3-5,7-8H2,1-2H3,(H2,16,21). The third-order valence-corrected chi connectivity index (χ3v) is 4.31. The van der Waals surface area contributed by atoms with Gasteiger partial charge < -0.3 is 11.1 Å². The number of hydrogen-bond donors (Lipinski definition) is 2. The highest BCUT2D eigenvalue weighted by atomic mass is 35.5. The van der Waals surface area contributed by atoms with Crippen molar-refractivity contribution in [2.24, 2.45) is 17.1 Å². The molecule has 0 unspecified atom stereocenters. The lowest BCUT2D eigenvalue weighted by molar-refractivity contribution is -0.125. The molecule has 1 aromatic rings. The van der Waals surface area contributed by atoms with E-state index in [1.807, 2.05) is 0 Å². The molecule has 1 saturated carbocycles. The molecule has 0 aromatic carbocycles. The summed E-state index contributed by atoms with van der Waals surface area (Å²) in [5, 5.41) is 7.28. The van der Waals surface area contributed by atoms with E-state index in [-0.39, 0.29) is 22.8 Å². The Bertz CT molecular complexity index is 593. The fraction of sp³-hybridized carbons (Fsp3) is 0.643. The van der Waals surface area contributed by atoms with Gasteiger partial charge in [0, 0.05) is 13.1 Å². The van der Waals surface area contributed by atoms with E-state index >= 15 is 0 Å². The number of nitrogens with zero attached hydrogens (tertiary/aromatic N) is 2. The van der Waals surface area contributed by atoms with Crippen LogP contribution < -0.4 is 16.6 Å². The molecule has 3 N–H and O–H groups in total. The highest BCUT2D eigenvalue weighted by molar-refractivity contribution is 6.33. The Morgan fingerprint density at radius 2 is 2.24 bits per heavy atom. The van der Waals surface area contributed by atoms with Crippen LogP contribution in [0.2, 0.25) is 5.02 Å². The number of nitrogens with one attached hydrogen (secondary N) is 1. The molecule has 0 aliphatic heterocycles. The van der Waals surface area contributed by atoms with Crippen molar-refractivity contribution in [3.63, 3.8) is 0 Å². The number of amides is 1. The molecule has 1 aliphatic carbocycles. The largest absolute Gasteiger partial charge is 0.378 e. The van der Waals surface area contributed by atoms with Crippen molar-refractivity contribution in [1.82, 2.24) is 9.78 Å². The summed E-state index contributed by atoms with van der Waals surface area (Å²) in [6.45, 7) is 4.28. The topological polar surface area (TPSA) is 90.0 Å². The number of rotatable bonds is 6. The zero-order valence-corrected chi connectivity index (χ0v) is 13.1. The second-order valence-electron chi connectivity index (χ2n) is 6.25. The molecule has 21 heavy (non-hydrogen) atoms. The molecule has 2 rings (SSSR count). The van der Waals surface area contributed by atoms with Gasteiger partial charge in [-0.05, 0) is 32.6 Å². The number of hydrogen-bond acceptors (Lipinski definition) is 4. The first-order valence-electron chi connectivity index (χ1n) is 7.10.